The zero-order valence-electron chi connectivity index (χ0n) is 16.5. The van der Waals surface area contributed by atoms with Gasteiger partial charge in [-0.2, -0.15) is 15.3 Å². The number of nitrogens with zero attached hydrogens (tertiary/aromatic N) is 6. The molecule has 2 N–H and O–H groups in total. The summed E-state index contributed by atoms with van der Waals surface area (Å²) in [5.41, 5.74) is 3.80. The van der Waals surface area contributed by atoms with E-state index in [1.807, 2.05) is 31.6 Å². The molecule has 10 nitrogen and oxygen atoms in total. The monoisotopic (exact) mass is 385 g/mol. The van der Waals surface area contributed by atoms with E-state index in [2.05, 4.69) is 20.6 Å². The molecular formula is C18H23N7O3. The lowest BCUT2D eigenvalue weighted by molar-refractivity contribution is 0.0680. The third kappa shape index (κ3) is 3.40. The zero-order valence-corrected chi connectivity index (χ0v) is 16.5. The van der Waals surface area contributed by atoms with Crippen molar-refractivity contribution in [1.82, 2.24) is 29.3 Å². The lowest BCUT2D eigenvalue weighted by atomic mass is 10.2. The minimum absolute atomic E-state index is 0.00150. The van der Waals surface area contributed by atoms with Crippen LogP contribution >= 0.6 is 0 Å². The van der Waals surface area contributed by atoms with Crippen molar-refractivity contribution >= 4 is 17.6 Å². The van der Waals surface area contributed by atoms with Crippen LogP contribution in [0.1, 0.15) is 50.4 Å². The predicted molar refractivity (Wildman–Crippen MR) is 102 cm³/mol. The molecule has 3 rings (SSSR count). The van der Waals surface area contributed by atoms with Gasteiger partial charge >= 0.3 is 5.97 Å². The van der Waals surface area contributed by atoms with Crippen molar-refractivity contribution < 1.29 is 14.7 Å². The van der Waals surface area contributed by atoms with Crippen molar-refractivity contribution in [3.63, 3.8) is 0 Å². The normalized spacial score (nSPS) is 11.0. The molecule has 3 heterocycles. The first-order chi connectivity index (χ1) is 13.2. The van der Waals surface area contributed by atoms with Crippen molar-refractivity contribution in [2.75, 3.05) is 5.32 Å². The van der Waals surface area contributed by atoms with Crippen LogP contribution in [0.3, 0.4) is 0 Å². The maximum Gasteiger partial charge on any atom is 0.354 e. The van der Waals surface area contributed by atoms with E-state index in [9.17, 15) is 14.7 Å². The molecule has 1 amide bonds. The molecule has 3 aromatic rings. The average molecular weight is 385 g/mol. The largest absolute Gasteiger partial charge is 0.477 e. The number of hydrogen-bond acceptors (Lipinski definition) is 5. The zero-order chi connectivity index (χ0) is 20.6. The van der Waals surface area contributed by atoms with Crippen molar-refractivity contribution in [2.24, 2.45) is 7.05 Å². The van der Waals surface area contributed by atoms with Gasteiger partial charge in [-0.3, -0.25) is 18.8 Å². The van der Waals surface area contributed by atoms with Gasteiger partial charge in [-0.1, -0.05) is 0 Å². The Morgan fingerprint density at radius 1 is 1.18 bits per heavy atom. The Hall–Kier alpha value is -3.43. The second kappa shape index (κ2) is 7.29. The average Bonchev–Trinajstić information content (AvgIpc) is 3.27. The summed E-state index contributed by atoms with van der Waals surface area (Å²) in [7, 11) is 1.48. The number of aryl methyl sites for hydroxylation is 4. The standard InChI is InChI=1S/C18H23N7O3/c1-6-24-8-13(10(2)21-24)9-25-12(4)15(11(3)22-25)20-17(26)14-7-19-23(5)16(14)18(27)28/h7-8H,6,9H2,1-5H3,(H,20,26)(H,27,28). The molecule has 0 bridgehead atoms. The van der Waals surface area contributed by atoms with E-state index in [0.29, 0.717) is 17.9 Å². The summed E-state index contributed by atoms with van der Waals surface area (Å²) in [5, 5.41) is 24.9. The highest BCUT2D eigenvalue weighted by Crippen LogP contribution is 2.22. The summed E-state index contributed by atoms with van der Waals surface area (Å²) in [5.74, 6) is -1.75. The molecule has 0 saturated heterocycles. The Kier molecular flexibility index (Phi) is 5.04. The van der Waals surface area contributed by atoms with Crippen LogP contribution in [0.25, 0.3) is 0 Å². The molecule has 0 aliphatic heterocycles. The summed E-state index contributed by atoms with van der Waals surface area (Å²) in [4.78, 5) is 24.0. The van der Waals surface area contributed by atoms with E-state index < -0.39 is 11.9 Å². The van der Waals surface area contributed by atoms with E-state index in [-0.39, 0.29) is 11.3 Å². The Morgan fingerprint density at radius 2 is 1.89 bits per heavy atom. The van der Waals surface area contributed by atoms with Crippen molar-refractivity contribution in [3.8, 4) is 0 Å². The minimum atomic E-state index is -1.21. The first-order valence-corrected chi connectivity index (χ1v) is 8.86. The quantitative estimate of drug-likeness (QED) is 0.667. The van der Waals surface area contributed by atoms with Gasteiger partial charge in [0.1, 0.15) is 0 Å². The minimum Gasteiger partial charge on any atom is -0.477 e. The van der Waals surface area contributed by atoms with Gasteiger partial charge in [-0.05, 0) is 27.7 Å². The number of aromatic nitrogens is 6. The number of carboxylic acids is 1. The second-order valence-corrected chi connectivity index (χ2v) is 6.59. The van der Waals surface area contributed by atoms with Gasteiger partial charge in [0.2, 0.25) is 0 Å². The number of carboxylic acid groups (broad SMARTS) is 1. The molecule has 0 aliphatic carbocycles. The SMILES string of the molecule is CCn1cc(Cn2nc(C)c(NC(=O)c3cnn(C)c3C(=O)O)c2C)c(C)n1. The number of carbonyl (C=O) groups excluding carboxylic acids is 1. The molecule has 28 heavy (non-hydrogen) atoms. The topological polar surface area (TPSA) is 120 Å². The summed E-state index contributed by atoms with van der Waals surface area (Å²) in [6.07, 6.45) is 3.23. The summed E-state index contributed by atoms with van der Waals surface area (Å²) >= 11 is 0. The molecule has 148 valence electrons. The van der Waals surface area contributed by atoms with Crippen molar-refractivity contribution in [3.05, 3.63) is 46.3 Å². The molecule has 0 spiro atoms. The molecule has 0 saturated carbocycles. The smallest absolute Gasteiger partial charge is 0.354 e. The Bertz CT molecular complexity index is 1060. The number of anilines is 1. The number of hydrogen-bond donors (Lipinski definition) is 2. The lowest BCUT2D eigenvalue weighted by Crippen LogP contribution is -2.18. The molecule has 3 aromatic heterocycles. The highest BCUT2D eigenvalue weighted by molar-refractivity contribution is 6.10. The highest BCUT2D eigenvalue weighted by atomic mass is 16.4. The van der Waals surface area contributed by atoms with Crippen LogP contribution in [-0.4, -0.2) is 46.3 Å². The Balaban J connectivity index is 1.87. The van der Waals surface area contributed by atoms with E-state index in [0.717, 1.165) is 28.2 Å². The van der Waals surface area contributed by atoms with Crippen LogP contribution in [0, 0.1) is 20.8 Å². The van der Waals surface area contributed by atoms with E-state index in [1.165, 1.54) is 13.2 Å². The van der Waals surface area contributed by atoms with E-state index >= 15 is 0 Å². The summed E-state index contributed by atoms with van der Waals surface area (Å²) in [6, 6.07) is 0. The fraction of sp³-hybridized carbons (Fsp3) is 0.389. The third-order valence-corrected chi connectivity index (χ3v) is 4.70. The predicted octanol–water partition coefficient (Wildman–Crippen LogP) is 1.76. The van der Waals surface area contributed by atoms with Crippen LogP contribution in [0.2, 0.25) is 0 Å². The van der Waals surface area contributed by atoms with Crippen molar-refractivity contribution in [2.45, 2.75) is 40.8 Å². The molecule has 0 aromatic carbocycles. The molecule has 0 fully saturated rings. The van der Waals surface area contributed by atoms with Crippen LogP contribution in [0.4, 0.5) is 5.69 Å². The molecular weight excluding hydrogens is 362 g/mol. The van der Waals surface area contributed by atoms with Gasteiger partial charge in [0.15, 0.2) is 5.69 Å². The Labute approximate surface area is 161 Å². The van der Waals surface area contributed by atoms with Gasteiger partial charge in [0, 0.05) is 25.4 Å². The fourth-order valence-corrected chi connectivity index (χ4v) is 3.11. The molecule has 10 heteroatoms. The van der Waals surface area contributed by atoms with E-state index in [1.54, 1.807) is 11.6 Å². The van der Waals surface area contributed by atoms with Gasteiger partial charge in [-0.25, -0.2) is 4.79 Å². The number of carbonyl (C=O) groups is 2. The van der Waals surface area contributed by atoms with Crippen molar-refractivity contribution in [1.29, 1.82) is 0 Å². The van der Waals surface area contributed by atoms with Gasteiger partial charge in [0.25, 0.3) is 5.91 Å². The van der Waals surface area contributed by atoms with Crippen LogP contribution in [0.15, 0.2) is 12.4 Å². The van der Waals surface area contributed by atoms with Crippen LogP contribution < -0.4 is 5.32 Å². The first kappa shape index (κ1) is 19.3. The number of amides is 1. The maximum atomic E-state index is 12.6. The van der Waals surface area contributed by atoms with Gasteiger partial charge in [0.05, 0.1) is 41.1 Å². The second-order valence-electron chi connectivity index (χ2n) is 6.59. The molecule has 0 unspecified atom stereocenters. The number of rotatable bonds is 6. The lowest BCUT2D eigenvalue weighted by Gasteiger charge is -2.07. The highest BCUT2D eigenvalue weighted by Gasteiger charge is 2.23. The van der Waals surface area contributed by atoms with Crippen LogP contribution in [-0.2, 0) is 20.1 Å². The Morgan fingerprint density at radius 3 is 2.50 bits per heavy atom. The van der Waals surface area contributed by atoms with Gasteiger partial charge < -0.3 is 10.4 Å². The van der Waals surface area contributed by atoms with Crippen LogP contribution in [0.5, 0.6) is 0 Å². The molecule has 0 radical (unpaired) electrons. The summed E-state index contributed by atoms with van der Waals surface area (Å²) < 4.78 is 4.83. The van der Waals surface area contributed by atoms with E-state index in [4.69, 9.17) is 0 Å². The molecule has 0 atom stereocenters. The van der Waals surface area contributed by atoms with Gasteiger partial charge in [-0.15, -0.1) is 0 Å². The number of nitrogens with one attached hydrogen (secondary N) is 1. The first-order valence-electron chi connectivity index (χ1n) is 8.86. The molecule has 0 aliphatic rings. The maximum absolute atomic E-state index is 12.6. The summed E-state index contributed by atoms with van der Waals surface area (Å²) in [6.45, 7) is 8.94. The fourth-order valence-electron chi connectivity index (χ4n) is 3.11. The third-order valence-electron chi connectivity index (χ3n) is 4.70. The number of aromatic carboxylic acids is 1.